The van der Waals surface area contributed by atoms with E-state index in [1.54, 1.807) is 0 Å². The minimum atomic E-state index is -0.141. The zero-order chi connectivity index (χ0) is 22.4. The van der Waals surface area contributed by atoms with Crippen LogP contribution in [0.15, 0.2) is 72.8 Å². The molecule has 0 aliphatic rings. The van der Waals surface area contributed by atoms with Crippen molar-refractivity contribution in [1.82, 2.24) is 5.32 Å². The Morgan fingerprint density at radius 2 is 1.19 bits per heavy atom. The average molecular weight is 475 g/mol. The molecule has 1 N–H and O–H groups in total. The van der Waals surface area contributed by atoms with Gasteiger partial charge in [0.05, 0.1) is 0 Å². The number of amides is 1. The SMILES string of the molecule is CC(Cc1ccc(Cl)cc1)C(=O)NCC(c1ccc(Cl)cc1)C(C)c1ccc(Cl)cc1. The van der Waals surface area contributed by atoms with Crippen molar-refractivity contribution in [3.05, 3.63) is 105 Å². The lowest BCUT2D eigenvalue weighted by atomic mass is 9.82. The molecule has 3 aromatic carbocycles. The van der Waals surface area contributed by atoms with Gasteiger partial charge >= 0.3 is 0 Å². The molecule has 0 aliphatic carbocycles. The number of rotatable bonds is 8. The molecule has 0 aliphatic heterocycles. The van der Waals surface area contributed by atoms with Crippen LogP contribution in [0.2, 0.25) is 15.1 Å². The molecule has 0 radical (unpaired) electrons. The maximum Gasteiger partial charge on any atom is 0.223 e. The summed E-state index contributed by atoms with van der Waals surface area (Å²) < 4.78 is 0. The summed E-state index contributed by atoms with van der Waals surface area (Å²) in [5, 5.41) is 5.27. The molecule has 2 nitrogen and oxygen atoms in total. The van der Waals surface area contributed by atoms with Crippen molar-refractivity contribution in [2.24, 2.45) is 5.92 Å². The molecule has 0 bridgehead atoms. The zero-order valence-corrected chi connectivity index (χ0v) is 19.9. The fourth-order valence-corrected chi connectivity index (χ4v) is 4.12. The number of halogens is 3. The van der Waals surface area contributed by atoms with Gasteiger partial charge in [-0.15, -0.1) is 0 Å². The Morgan fingerprint density at radius 1 is 0.742 bits per heavy atom. The van der Waals surface area contributed by atoms with E-state index in [9.17, 15) is 4.79 Å². The summed E-state index contributed by atoms with van der Waals surface area (Å²) in [6, 6.07) is 23.4. The summed E-state index contributed by atoms with van der Waals surface area (Å²) in [5.74, 6) is 0.186. The summed E-state index contributed by atoms with van der Waals surface area (Å²) in [7, 11) is 0. The molecule has 0 heterocycles. The summed E-state index contributed by atoms with van der Waals surface area (Å²) in [4.78, 5) is 12.8. The standard InChI is InChI=1S/C26H26Cl3NO/c1-17(15-19-3-9-22(27)10-4-19)26(31)30-16-25(21-7-13-24(29)14-8-21)18(2)20-5-11-23(28)12-6-20/h3-14,17-18,25H,15-16H2,1-2H3,(H,30,31). The van der Waals surface area contributed by atoms with Crippen molar-refractivity contribution in [3.8, 4) is 0 Å². The van der Waals surface area contributed by atoms with Crippen molar-refractivity contribution >= 4 is 40.7 Å². The van der Waals surface area contributed by atoms with Crippen LogP contribution in [0.25, 0.3) is 0 Å². The first kappa shape index (κ1) is 23.7. The molecule has 3 unspecified atom stereocenters. The number of hydrogen-bond donors (Lipinski definition) is 1. The Labute approximate surface area is 199 Å². The van der Waals surface area contributed by atoms with Gasteiger partial charge in [0.25, 0.3) is 0 Å². The van der Waals surface area contributed by atoms with Crippen LogP contribution in [-0.2, 0) is 11.2 Å². The second kappa shape index (κ2) is 11.0. The smallest absolute Gasteiger partial charge is 0.223 e. The predicted molar refractivity (Wildman–Crippen MR) is 131 cm³/mol. The number of carbonyl (C=O) groups is 1. The Kier molecular flexibility index (Phi) is 8.43. The highest BCUT2D eigenvalue weighted by atomic mass is 35.5. The molecule has 3 atom stereocenters. The topological polar surface area (TPSA) is 29.1 Å². The van der Waals surface area contributed by atoms with Gasteiger partial charge < -0.3 is 5.32 Å². The Hall–Kier alpha value is -2.00. The van der Waals surface area contributed by atoms with Gasteiger partial charge in [-0.3, -0.25) is 4.79 Å². The molecule has 31 heavy (non-hydrogen) atoms. The number of benzene rings is 3. The first-order chi connectivity index (χ1) is 14.8. The van der Waals surface area contributed by atoms with Gasteiger partial charge in [0.2, 0.25) is 5.91 Å². The van der Waals surface area contributed by atoms with Crippen LogP contribution in [0.1, 0.15) is 42.4 Å². The van der Waals surface area contributed by atoms with Crippen molar-refractivity contribution in [1.29, 1.82) is 0 Å². The van der Waals surface area contributed by atoms with Crippen LogP contribution in [0.3, 0.4) is 0 Å². The molecule has 1 amide bonds. The van der Waals surface area contributed by atoms with Crippen LogP contribution in [-0.4, -0.2) is 12.5 Å². The molecule has 3 aromatic rings. The van der Waals surface area contributed by atoms with E-state index in [1.807, 2.05) is 79.7 Å². The second-order valence-electron chi connectivity index (χ2n) is 7.98. The van der Waals surface area contributed by atoms with Crippen molar-refractivity contribution < 1.29 is 4.79 Å². The van der Waals surface area contributed by atoms with Gasteiger partial charge in [0.1, 0.15) is 0 Å². The van der Waals surface area contributed by atoms with Crippen LogP contribution in [0, 0.1) is 5.92 Å². The fraction of sp³-hybridized carbons (Fsp3) is 0.269. The largest absolute Gasteiger partial charge is 0.355 e. The molecule has 162 valence electrons. The Bertz CT molecular complexity index is 985. The summed E-state index contributed by atoms with van der Waals surface area (Å²) in [6.45, 7) is 4.66. The number of hydrogen-bond acceptors (Lipinski definition) is 1. The van der Waals surface area contributed by atoms with E-state index in [0.29, 0.717) is 28.0 Å². The van der Waals surface area contributed by atoms with Crippen molar-refractivity contribution in [2.45, 2.75) is 32.1 Å². The summed E-state index contributed by atoms with van der Waals surface area (Å²) in [6.07, 6.45) is 0.668. The molecule has 0 aromatic heterocycles. The van der Waals surface area contributed by atoms with E-state index in [1.165, 1.54) is 5.56 Å². The van der Waals surface area contributed by atoms with Gasteiger partial charge in [0.15, 0.2) is 0 Å². The summed E-state index contributed by atoms with van der Waals surface area (Å²) in [5.41, 5.74) is 3.40. The molecule has 5 heteroatoms. The summed E-state index contributed by atoms with van der Waals surface area (Å²) >= 11 is 18.1. The molecular weight excluding hydrogens is 449 g/mol. The third-order valence-electron chi connectivity index (χ3n) is 5.70. The molecule has 0 fully saturated rings. The highest BCUT2D eigenvalue weighted by molar-refractivity contribution is 6.31. The first-order valence-electron chi connectivity index (χ1n) is 10.4. The minimum absolute atomic E-state index is 0.0391. The number of nitrogens with one attached hydrogen (secondary N) is 1. The lowest BCUT2D eigenvalue weighted by Crippen LogP contribution is -2.34. The third kappa shape index (κ3) is 6.74. The molecule has 0 spiro atoms. The quantitative estimate of drug-likeness (QED) is 0.359. The van der Waals surface area contributed by atoms with E-state index in [2.05, 4.69) is 12.2 Å². The van der Waals surface area contributed by atoms with E-state index >= 15 is 0 Å². The maximum absolute atomic E-state index is 12.8. The van der Waals surface area contributed by atoms with E-state index in [4.69, 9.17) is 34.8 Å². The van der Waals surface area contributed by atoms with Gasteiger partial charge in [-0.05, 0) is 65.4 Å². The normalized spacial score (nSPS) is 14.0. The molecular formula is C26H26Cl3NO. The fourth-order valence-electron chi connectivity index (χ4n) is 3.74. The van der Waals surface area contributed by atoms with Crippen molar-refractivity contribution in [2.75, 3.05) is 6.54 Å². The van der Waals surface area contributed by atoms with E-state index in [0.717, 1.165) is 11.1 Å². The molecule has 0 saturated heterocycles. The highest BCUT2D eigenvalue weighted by Gasteiger charge is 2.23. The van der Waals surface area contributed by atoms with Crippen LogP contribution in [0.4, 0.5) is 0 Å². The van der Waals surface area contributed by atoms with E-state index < -0.39 is 0 Å². The lowest BCUT2D eigenvalue weighted by molar-refractivity contribution is -0.124. The highest BCUT2D eigenvalue weighted by Crippen LogP contribution is 2.33. The van der Waals surface area contributed by atoms with E-state index in [-0.39, 0.29) is 23.7 Å². The zero-order valence-electron chi connectivity index (χ0n) is 17.6. The second-order valence-corrected chi connectivity index (χ2v) is 9.28. The Balaban J connectivity index is 1.71. The monoisotopic (exact) mass is 473 g/mol. The van der Waals surface area contributed by atoms with Gasteiger partial charge in [-0.2, -0.15) is 0 Å². The number of carbonyl (C=O) groups excluding carboxylic acids is 1. The maximum atomic E-state index is 12.8. The minimum Gasteiger partial charge on any atom is -0.355 e. The third-order valence-corrected chi connectivity index (χ3v) is 6.45. The molecule has 0 saturated carbocycles. The van der Waals surface area contributed by atoms with Gasteiger partial charge in [-0.25, -0.2) is 0 Å². The van der Waals surface area contributed by atoms with Crippen LogP contribution < -0.4 is 5.32 Å². The van der Waals surface area contributed by atoms with Gasteiger partial charge in [0, 0.05) is 33.4 Å². The first-order valence-corrected chi connectivity index (χ1v) is 11.5. The predicted octanol–water partition coefficient (Wildman–Crippen LogP) is 7.53. The average Bonchev–Trinajstić information content (AvgIpc) is 2.76. The van der Waals surface area contributed by atoms with Crippen LogP contribution >= 0.6 is 34.8 Å². The van der Waals surface area contributed by atoms with Crippen molar-refractivity contribution in [3.63, 3.8) is 0 Å². The Morgan fingerprint density at radius 3 is 1.71 bits per heavy atom. The van der Waals surface area contributed by atoms with Gasteiger partial charge in [-0.1, -0.05) is 85.0 Å². The molecule has 3 rings (SSSR count). The lowest BCUT2D eigenvalue weighted by Gasteiger charge is -2.26. The van der Waals surface area contributed by atoms with Crippen LogP contribution in [0.5, 0.6) is 0 Å².